The summed E-state index contributed by atoms with van der Waals surface area (Å²) in [6.07, 6.45) is 0.714. The molecule has 2 bridgehead atoms. The van der Waals surface area contributed by atoms with Crippen LogP contribution >= 0.6 is 0 Å². The van der Waals surface area contributed by atoms with Crippen LogP contribution in [0, 0.1) is 18.0 Å². The van der Waals surface area contributed by atoms with Crippen LogP contribution in [0.15, 0.2) is 44.3 Å². The molecule has 0 radical (unpaired) electrons. The molecule has 10 nitrogen and oxygen atoms in total. The fraction of sp³-hybridized carbons (Fsp3) is 0.348. The van der Waals surface area contributed by atoms with Gasteiger partial charge in [-0.05, 0) is 43.0 Å². The molecule has 0 spiro atoms. The van der Waals surface area contributed by atoms with E-state index >= 15 is 0 Å². The third-order valence-electron chi connectivity index (χ3n) is 6.79. The number of piperidine rings is 1. The summed E-state index contributed by atoms with van der Waals surface area (Å²) in [5.41, 5.74) is 0.572. The van der Waals surface area contributed by atoms with E-state index in [-0.39, 0.29) is 46.7 Å². The number of quaternary nitrogens is 1. The van der Waals surface area contributed by atoms with Crippen molar-refractivity contribution in [3.8, 4) is 5.75 Å². The van der Waals surface area contributed by atoms with E-state index in [0.717, 1.165) is 12.1 Å². The minimum atomic E-state index is -1.25. The van der Waals surface area contributed by atoms with E-state index in [9.17, 15) is 29.9 Å². The Morgan fingerprint density at radius 2 is 2.00 bits per heavy atom. The van der Waals surface area contributed by atoms with Crippen molar-refractivity contribution < 1.29 is 24.8 Å². The second-order valence-corrected chi connectivity index (χ2v) is 8.84. The normalized spacial score (nSPS) is 20.5. The highest BCUT2D eigenvalue weighted by Crippen LogP contribution is 2.35. The molecule has 33 heavy (non-hydrogen) atoms. The molecule has 5 rings (SSSR count). The van der Waals surface area contributed by atoms with E-state index in [0.29, 0.717) is 30.6 Å². The molecule has 1 saturated heterocycles. The lowest BCUT2D eigenvalue weighted by Gasteiger charge is -2.42. The number of aryl methyl sites for hydroxylation is 1. The Bertz CT molecular complexity index is 1390. The zero-order valence-electron chi connectivity index (χ0n) is 17.9. The van der Waals surface area contributed by atoms with Gasteiger partial charge in [-0.25, -0.2) is 10.0 Å². The summed E-state index contributed by atoms with van der Waals surface area (Å²) in [5.74, 6) is -0.257. The van der Waals surface area contributed by atoms with Gasteiger partial charge in [0.05, 0.1) is 12.0 Å². The van der Waals surface area contributed by atoms with E-state index < -0.39 is 16.4 Å². The van der Waals surface area contributed by atoms with Crippen LogP contribution in [0.1, 0.15) is 29.2 Å². The van der Waals surface area contributed by atoms with Gasteiger partial charge in [0.1, 0.15) is 11.3 Å². The Balaban J connectivity index is 1.41. The van der Waals surface area contributed by atoms with E-state index in [1.165, 1.54) is 22.8 Å². The Morgan fingerprint density at radius 3 is 2.76 bits per heavy atom. The molecular formula is C23H23N3O7. The number of phenols is 1. The predicted molar refractivity (Wildman–Crippen MR) is 116 cm³/mol. The summed E-state index contributed by atoms with van der Waals surface area (Å²) >= 11 is 0. The zero-order chi connectivity index (χ0) is 23.4. The van der Waals surface area contributed by atoms with Gasteiger partial charge in [-0.15, -0.1) is 0 Å². The molecule has 0 saturated carbocycles. The highest BCUT2D eigenvalue weighted by Gasteiger charge is 2.37. The summed E-state index contributed by atoms with van der Waals surface area (Å²) in [5, 5.41) is 29.6. The fourth-order valence-corrected chi connectivity index (χ4v) is 5.16. The van der Waals surface area contributed by atoms with Crippen LogP contribution in [0.3, 0.4) is 0 Å². The van der Waals surface area contributed by atoms with Gasteiger partial charge < -0.3 is 24.2 Å². The number of nitrogens with one attached hydrogen (secondary N) is 1. The number of hydrogen-bond donors (Lipinski definition) is 3. The maximum Gasteiger partial charge on any atom is 0.340 e. The number of amides is 1. The van der Waals surface area contributed by atoms with Crippen LogP contribution < -0.4 is 16.4 Å². The molecule has 10 heteroatoms. The maximum atomic E-state index is 13.2. The Kier molecular flexibility index (Phi) is 5.08. The van der Waals surface area contributed by atoms with Gasteiger partial charge in [0, 0.05) is 48.8 Å². The van der Waals surface area contributed by atoms with Crippen molar-refractivity contribution in [2.45, 2.75) is 32.2 Å². The topological polar surface area (TPSA) is 140 Å². The van der Waals surface area contributed by atoms with Gasteiger partial charge in [-0.1, -0.05) is 0 Å². The molecule has 1 fully saturated rings. The molecule has 1 amide bonds. The number of phenolic OH excluding ortho intramolecular Hbond substituents is 1. The largest absolute Gasteiger partial charge is 0.595 e. The van der Waals surface area contributed by atoms with Crippen LogP contribution in [0.2, 0.25) is 0 Å². The van der Waals surface area contributed by atoms with E-state index in [1.807, 2.05) is 0 Å². The van der Waals surface area contributed by atoms with Crippen molar-refractivity contribution in [3.63, 3.8) is 0 Å². The third kappa shape index (κ3) is 3.62. The molecule has 2 aromatic heterocycles. The summed E-state index contributed by atoms with van der Waals surface area (Å²) < 4.78 is 6.86. The van der Waals surface area contributed by atoms with Crippen molar-refractivity contribution in [3.05, 3.63) is 73.1 Å². The molecule has 3 atom stereocenters. The number of benzene rings is 1. The van der Waals surface area contributed by atoms with Crippen molar-refractivity contribution in [2.24, 2.45) is 5.92 Å². The molecule has 4 heterocycles. The van der Waals surface area contributed by atoms with Crippen LogP contribution in [-0.2, 0) is 17.8 Å². The molecule has 2 aliphatic heterocycles. The molecule has 3 aromatic rings. The molecule has 3 N–H and O–H groups in total. The number of rotatable bonds is 3. The molecule has 3 unspecified atom stereocenters. The SMILES string of the molecule is Cc1c(CC(=O)N2CC3CC(C2)c2ccc([NH+]([O-])O)c(=O)n2C3)c(=O)oc2cc(O)ccc12. The Hall–Kier alpha value is -3.47. The van der Waals surface area contributed by atoms with Gasteiger partial charge in [-0.2, -0.15) is 5.23 Å². The number of carbonyl (C=O) groups excluding carboxylic acids is 1. The Labute approximate surface area is 187 Å². The monoisotopic (exact) mass is 453 g/mol. The maximum absolute atomic E-state index is 13.2. The number of carbonyl (C=O) groups is 1. The molecule has 2 aliphatic rings. The second kappa shape index (κ2) is 7.84. The first-order valence-electron chi connectivity index (χ1n) is 10.7. The van der Waals surface area contributed by atoms with Crippen LogP contribution in [0.4, 0.5) is 5.69 Å². The Morgan fingerprint density at radius 1 is 1.21 bits per heavy atom. The first kappa shape index (κ1) is 21.4. The highest BCUT2D eigenvalue weighted by molar-refractivity contribution is 5.85. The van der Waals surface area contributed by atoms with Crippen molar-refractivity contribution in [1.82, 2.24) is 9.47 Å². The second-order valence-electron chi connectivity index (χ2n) is 8.84. The minimum Gasteiger partial charge on any atom is -0.595 e. The number of aromatic hydroxyl groups is 1. The highest BCUT2D eigenvalue weighted by atomic mass is 16.8. The number of hydrogen-bond acceptors (Lipinski definition) is 7. The average Bonchev–Trinajstić information content (AvgIpc) is 2.76. The molecule has 1 aromatic carbocycles. The van der Waals surface area contributed by atoms with Gasteiger partial charge in [0.25, 0.3) is 0 Å². The summed E-state index contributed by atoms with van der Waals surface area (Å²) in [6, 6.07) is 7.52. The summed E-state index contributed by atoms with van der Waals surface area (Å²) in [7, 11) is 0. The molecule has 0 aliphatic carbocycles. The minimum absolute atomic E-state index is 0.0106. The standard InChI is InChI=1S/C23H23N3O7/c1-12-16-3-2-15(27)7-20(16)33-23(30)17(12)8-21(28)24-9-13-6-14(11-24)18-4-5-19(26(31)32)22(29)25(18)10-13/h2-5,7,13-14,26-27,31H,6,8-11H2,1H3. The average molecular weight is 453 g/mol. The van der Waals surface area contributed by atoms with Crippen molar-refractivity contribution >= 4 is 22.6 Å². The lowest BCUT2D eigenvalue weighted by atomic mass is 9.83. The lowest BCUT2D eigenvalue weighted by molar-refractivity contribution is -0.992. The van der Waals surface area contributed by atoms with E-state index in [1.54, 1.807) is 24.0 Å². The van der Waals surface area contributed by atoms with Crippen molar-refractivity contribution in [2.75, 3.05) is 13.1 Å². The van der Waals surface area contributed by atoms with Gasteiger partial charge >= 0.3 is 11.2 Å². The number of pyridine rings is 1. The smallest absolute Gasteiger partial charge is 0.340 e. The van der Waals surface area contributed by atoms with Crippen LogP contribution in [-0.4, -0.2) is 38.8 Å². The molecular weight excluding hydrogens is 430 g/mol. The van der Waals surface area contributed by atoms with Gasteiger partial charge in [0.15, 0.2) is 0 Å². The van der Waals surface area contributed by atoms with Crippen LogP contribution in [0.25, 0.3) is 11.0 Å². The van der Waals surface area contributed by atoms with E-state index in [4.69, 9.17) is 4.42 Å². The summed E-state index contributed by atoms with van der Waals surface area (Å²) in [4.78, 5) is 40.0. The first-order chi connectivity index (χ1) is 15.7. The first-order valence-corrected chi connectivity index (χ1v) is 10.7. The number of aromatic nitrogens is 1. The van der Waals surface area contributed by atoms with E-state index in [2.05, 4.69) is 0 Å². The molecule has 172 valence electrons. The van der Waals surface area contributed by atoms with Gasteiger partial charge in [-0.3, -0.25) is 9.59 Å². The number of fused-ring (bicyclic) bond motifs is 5. The fourth-order valence-electron chi connectivity index (χ4n) is 5.16. The summed E-state index contributed by atoms with van der Waals surface area (Å²) in [6.45, 7) is 2.94. The predicted octanol–water partition coefficient (Wildman–Crippen LogP) is 0.561. The van der Waals surface area contributed by atoms with Crippen LogP contribution in [0.5, 0.6) is 5.75 Å². The lowest BCUT2D eigenvalue weighted by Crippen LogP contribution is -3.00. The van der Waals surface area contributed by atoms with Crippen molar-refractivity contribution in [1.29, 1.82) is 0 Å². The zero-order valence-corrected chi connectivity index (χ0v) is 17.9. The third-order valence-corrected chi connectivity index (χ3v) is 6.79. The quantitative estimate of drug-likeness (QED) is 0.389. The number of likely N-dealkylation sites (tertiary alicyclic amines) is 1. The van der Waals surface area contributed by atoms with Gasteiger partial charge in [0.2, 0.25) is 11.6 Å². The number of nitrogens with zero attached hydrogens (tertiary/aromatic N) is 2.